The van der Waals surface area contributed by atoms with Crippen molar-refractivity contribution in [2.75, 3.05) is 13.7 Å². The van der Waals surface area contributed by atoms with Crippen molar-refractivity contribution < 1.29 is 13.9 Å². The first-order valence-electron chi connectivity index (χ1n) is 5.85. The third kappa shape index (κ3) is 4.71. The molecule has 0 aliphatic heterocycles. The molecule has 0 saturated carbocycles. The highest BCUT2D eigenvalue weighted by Gasteiger charge is 2.07. The Morgan fingerprint density at radius 2 is 2.17 bits per heavy atom. The molecule has 0 heterocycles. The maximum absolute atomic E-state index is 13.1. The van der Waals surface area contributed by atoms with Gasteiger partial charge in [-0.2, -0.15) is 0 Å². The molecule has 0 aliphatic carbocycles. The van der Waals surface area contributed by atoms with Gasteiger partial charge in [0.1, 0.15) is 11.6 Å². The lowest BCUT2D eigenvalue weighted by Gasteiger charge is -2.11. The lowest BCUT2D eigenvalue weighted by molar-refractivity contribution is -0.120. The molecule has 5 heteroatoms. The highest BCUT2D eigenvalue weighted by molar-refractivity contribution is 5.78. The Hall–Kier alpha value is -1.62. The molecule has 1 aromatic rings. The fraction of sp³-hybridized carbons (Fsp3) is 0.462. The average Bonchev–Trinajstić information content (AvgIpc) is 2.34. The third-order valence-corrected chi connectivity index (χ3v) is 2.39. The van der Waals surface area contributed by atoms with E-state index in [0.717, 1.165) is 0 Å². The van der Waals surface area contributed by atoms with Crippen LogP contribution in [-0.4, -0.2) is 25.6 Å². The van der Waals surface area contributed by atoms with Gasteiger partial charge in [0, 0.05) is 18.2 Å². The van der Waals surface area contributed by atoms with Gasteiger partial charge in [0.05, 0.1) is 13.7 Å². The van der Waals surface area contributed by atoms with Crippen LogP contribution in [-0.2, 0) is 11.3 Å². The number of carbonyl (C=O) groups excluding carboxylic acids is 1. The number of ether oxygens (including phenoxy) is 1. The van der Waals surface area contributed by atoms with E-state index in [2.05, 4.69) is 10.6 Å². The Labute approximate surface area is 107 Å². The summed E-state index contributed by atoms with van der Waals surface area (Å²) in [5, 5.41) is 5.71. The number of hydrogen-bond acceptors (Lipinski definition) is 3. The van der Waals surface area contributed by atoms with Crippen molar-refractivity contribution in [3.05, 3.63) is 29.6 Å². The smallest absolute Gasteiger partial charge is 0.234 e. The SMILES string of the molecule is COc1ccc(F)cc1CNC(=O)CNC(C)C. The normalized spacial score (nSPS) is 10.5. The molecule has 1 rings (SSSR count). The first kappa shape index (κ1) is 14.4. The molecule has 0 bridgehead atoms. The molecule has 0 fully saturated rings. The van der Waals surface area contributed by atoms with Crippen molar-refractivity contribution in [2.45, 2.75) is 26.4 Å². The summed E-state index contributed by atoms with van der Waals surface area (Å²) >= 11 is 0. The first-order valence-corrected chi connectivity index (χ1v) is 5.85. The number of amides is 1. The van der Waals surface area contributed by atoms with Gasteiger partial charge >= 0.3 is 0 Å². The van der Waals surface area contributed by atoms with Gasteiger partial charge in [-0.1, -0.05) is 13.8 Å². The standard InChI is InChI=1S/C13H19FN2O2/c1-9(2)15-8-13(17)16-7-10-6-11(14)4-5-12(10)18-3/h4-6,9,15H,7-8H2,1-3H3,(H,16,17). The van der Waals surface area contributed by atoms with Gasteiger partial charge in [0.2, 0.25) is 5.91 Å². The quantitative estimate of drug-likeness (QED) is 0.808. The van der Waals surface area contributed by atoms with Gasteiger partial charge in [0.25, 0.3) is 0 Å². The van der Waals surface area contributed by atoms with Crippen molar-refractivity contribution in [3.8, 4) is 5.75 Å². The van der Waals surface area contributed by atoms with E-state index in [0.29, 0.717) is 11.3 Å². The van der Waals surface area contributed by atoms with Crippen LogP contribution in [0.25, 0.3) is 0 Å². The average molecular weight is 254 g/mol. The van der Waals surface area contributed by atoms with Crippen LogP contribution in [0.3, 0.4) is 0 Å². The molecule has 0 unspecified atom stereocenters. The zero-order valence-corrected chi connectivity index (χ0v) is 10.9. The minimum absolute atomic E-state index is 0.130. The van der Waals surface area contributed by atoms with Crippen LogP contribution in [0.15, 0.2) is 18.2 Å². The highest BCUT2D eigenvalue weighted by Crippen LogP contribution is 2.18. The van der Waals surface area contributed by atoms with Crippen LogP contribution in [0, 0.1) is 5.82 Å². The van der Waals surface area contributed by atoms with Crippen molar-refractivity contribution in [1.82, 2.24) is 10.6 Å². The Bertz CT molecular complexity index is 408. The van der Waals surface area contributed by atoms with Crippen LogP contribution in [0.5, 0.6) is 5.75 Å². The Morgan fingerprint density at radius 3 is 2.78 bits per heavy atom. The van der Waals surface area contributed by atoms with E-state index >= 15 is 0 Å². The second-order valence-corrected chi connectivity index (χ2v) is 4.27. The molecular weight excluding hydrogens is 235 g/mol. The van der Waals surface area contributed by atoms with Gasteiger partial charge in [-0.25, -0.2) is 4.39 Å². The fourth-order valence-electron chi connectivity index (χ4n) is 1.44. The number of benzene rings is 1. The summed E-state index contributed by atoms with van der Waals surface area (Å²) in [6.07, 6.45) is 0. The zero-order chi connectivity index (χ0) is 13.5. The van der Waals surface area contributed by atoms with Gasteiger partial charge in [-0.15, -0.1) is 0 Å². The van der Waals surface area contributed by atoms with Crippen LogP contribution < -0.4 is 15.4 Å². The van der Waals surface area contributed by atoms with Gasteiger partial charge in [-0.3, -0.25) is 4.79 Å². The molecular formula is C13H19FN2O2. The fourth-order valence-corrected chi connectivity index (χ4v) is 1.44. The van der Waals surface area contributed by atoms with Crippen LogP contribution >= 0.6 is 0 Å². The zero-order valence-electron chi connectivity index (χ0n) is 10.9. The van der Waals surface area contributed by atoms with E-state index in [-0.39, 0.29) is 30.9 Å². The van der Waals surface area contributed by atoms with Crippen LogP contribution in [0.4, 0.5) is 4.39 Å². The van der Waals surface area contributed by atoms with E-state index in [4.69, 9.17) is 4.74 Å². The summed E-state index contributed by atoms with van der Waals surface area (Å²) in [7, 11) is 1.51. The molecule has 2 N–H and O–H groups in total. The lowest BCUT2D eigenvalue weighted by Crippen LogP contribution is -2.36. The van der Waals surface area contributed by atoms with Crippen LogP contribution in [0.1, 0.15) is 19.4 Å². The minimum atomic E-state index is -0.347. The molecule has 0 saturated heterocycles. The van der Waals surface area contributed by atoms with E-state index in [9.17, 15) is 9.18 Å². The maximum Gasteiger partial charge on any atom is 0.234 e. The summed E-state index contributed by atoms with van der Waals surface area (Å²) in [6.45, 7) is 4.42. The predicted octanol–water partition coefficient (Wildman–Crippen LogP) is 1.45. The monoisotopic (exact) mass is 254 g/mol. The van der Waals surface area contributed by atoms with Crippen molar-refractivity contribution >= 4 is 5.91 Å². The molecule has 0 aliphatic rings. The number of hydrogen-bond donors (Lipinski definition) is 2. The largest absolute Gasteiger partial charge is 0.496 e. The molecule has 100 valence electrons. The second kappa shape index (κ2) is 6.96. The summed E-state index contributed by atoms with van der Waals surface area (Å²) in [4.78, 5) is 11.5. The number of methoxy groups -OCH3 is 1. The number of halogens is 1. The van der Waals surface area contributed by atoms with Gasteiger partial charge in [0.15, 0.2) is 0 Å². The number of carbonyl (C=O) groups is 1. The number of rotatable bonds is 6. The second-order valence-electron chi connectivity index (χ2n) is 4.27. The molecule has 0 atom stereocenters. The molecule has 0 spiro atoms. The number of nitrogens with one attached hydrogen (secondary N) is 2. The summed E-state index contributed by atoms with van der Waals surface area (Å²) in [5.74, 6) is 0.0869. The van der Waals surface area contributed by atoms with Crippen LogP contribution in [0.2, 0.25) is 0 Å². The topological polar surface area (TPSA) is 50.4 Å². The predicted molar refractivity (Wildman–Crippen MR) is 67.9 cm³/mol. The maximum atomic E-state index is 13.1. The molecule has 1 amide bonds. The van der Waals surface area contributed by atoms with E-state index in [1.165, 1.54) is 19.2 Å². The Kier molecular flexibility index (Phi) is 5.58. The molecule has 0 aromatic heterocycles. The third-order valence-electron chi connectivity index (χ3n) is 2.39. The lowest BCUT2D eigenvalue weighted by atomic mass is 10.2. The first-order chi connectivity index (χ1) is 8.52. The molecule has 4 nitrogen and oxygen atoms in total. The summed E-state index contributed by atoms with van der Waals surface area (Å²) in [6, 6.07) is 4.47. The van der Waals surface area contributed by atoms with Crippen molar-refractivity contribution in [1.29, 1.82) is 0 Å². The molecule has 1 aromatic carbocycles. The minimum Gasteiger partial charge on any atom is -0.496 e. The summed E-state index contributed by atoms with van der Waals surface area (Å²) < 4.78 is 18.2. The molecule has 18 heavy (non-hydrogen) atoms. The van der Waals surface area contributed by atoms with Gasteiger partial charge < -0.3 is 15.4 Å². The van der Waals surface area contributed by atoms with Crippen molar-refractivity contribution in [2.24, 2.45) is 0 Å². The van der Waals surface area contributed by atoms with Crippen molar-refractivity contribution in [3.63, 3.8) is 0 Å². The van der Waals surface area contributed by atoms with Gasteiger partial charge in [-0.05, 0) is 18.2 Å². The van der Waals surface area contributed by atoms with E-state index in [1.807, 2.05) is 13.8 Å². The van der Waals surface area contributed by atoms with E-state index in [1.54, 1.807) is 6.07 Å². The Morgan fingerprint density at radius 1 is 1.44 bits per heavy atom. The Balaban J connectivity index is 2.52. The molecule has 0 radical (unpaired) electrons. The van der Waals surface area contributed by atoms with E-state index < -0.39 is 0 Å². The summed E-state index contributed by atoms with van der Waals surface area (Å²) in [5.41, 5.74) is 0.621. The highest BCUT2D eigenvalue weighted by atomic mass is 19.1.